The van der Waals surface area contributed by atoms with E-state index in [1.807, 2.05) is 54.3 Å². The van der Waals surface area contributed by atoms with Gasteiger partial charge in [0.15, 0.2) is 0 Å². The number of nitrogens with zero attached hydrogens (tertiary/aromatic N) is 2. The molecule has 0 saturated carbocycles. The molecule has 5 nitrogen and oxygen atoms in total. The van der Waals surface area contributed by atoms with Crippen LogP contribution in [0.15, 0.2) is 72.8 Å². The van der Waals surface area contributed by atoms with Gasteiger partial charge in [0, 0.05) is 30.7 Å². The maximum Gasteiger partial charge on any atom is 0.257 e. The van der Waals surface area contributed by atoms with Crippen molar-refractivity contribution in [1.29, 1.82) is 0 Å². The zero-order valence-corrected chi connectivity index (χ0v) is 21.0. The lowest BCUT2D eigenvalue weighted by molar-refractivity contribution is 0.0590. The number of hydrogen-bond acceptors (Lipinski definition) is 3. The summed E-state index contributed by atoms with van der Waals surface area (Å²) >= 11 is 6.22. The Hall–Kier alpha value is -3.31. The van der Waals surface area contributed by atoms with Crippen LogP contribution in [0.25, 0.3) is 0 Å². The van der Waals surface area contributed by atoms with Crippen molar-refractivity contribution in [3.63, 3.8) is 0 Å². The summed E-state index contributed by atoms with van der Waals surface area (Å²) in [7, 11) is 1.78. The summed E-state index contributed by atoms with van der Waals surface area (Å²) in [5, 5.41) is 0.484. The molecular weight excluding hydrogens is 460 g/mol. The minimum absolute atomic E-state index is 0.00708. The van der Waals surface area contributed by atoms with Crippen LogP contribution in [-0.4, -0.2) is 54.4 Å². The summed E-state index contributed by atoms with van der Waals surface area (Å²) in [6, 6.07) is 22.7. The van der Waals surface area contributed by atoms with E-state index in [2.05, 4.69) is 12.1 Å². The molecule has 1 atom stereocenters. The molecule has 0 fully saturated rings. The number of amides is 2. The van der Waals surface area contributed by atoms with E-state index >= 15 is 0 Å². The quantitative estimate of drug-likeness (QED) is 0.477. The van der Waals surface area contributed by atoms with Crippen molar-refractivity contribution >= 4 is 23.4 Å². The van der Waals surface area contributed by atoms with Crippen molar-refractivity contribution < 1.29 is 14.3 Å². The highest BCUT2D eigenvalue weighted by atomic mass is 35.5. The number of benzene rings is 3. The minimum Gasteiger partial charge on any atom is -0.491 e. The first kappa shape index (κ1) is 24.8. The molecular formula is C29H31ClN2O3. The second-order valence-corrected chi connectivity index (χ2v) is 9.53. The van der Waals surface area contributed by atoms with Crippen LogP contribution in [0, 0.1) is 6.92 Å². The second kappa shape index (κ2) is 11.4. The molecule has 0 N–H and O–H groups in total. The summed E-state index contributed by atoms with van der Waals surface area (Å²) in [4.78, 5) is 30.4. The summed E-state index contributed by atoms with van der Waals surface area (Å²) in [6.07, 6.45) is 2.22. The summed E-state index contributed by atoms with van der Waals surface area (Å²) in [6.45, 7) is 3.44. The number of ether oxygens (including phenoxy) is 1. The van der Waals surface area contributed by atoms with Crippen LogP contribution in [0.3, 0.4) is 0 Å². The Bertz CT molecular complexity index is 1160. The van der Waals surface area contributed by atoms with Gasteiger partial charge < -0.3 is 14.5 Å². The second-order valence-electron chi connectivity index (χ2n) is 9.09. The van der Waals surface area contributed by atoms with Crippen LogP contribution < -0.4 is 4.74 Å². The molecule has 35 heavy (non-hydrogen) atoms. The van der Waals surface area contributed by atoms with E-state index in [9.17, 15) is 9.59 Å². The smallest absolute Gasteiger partial charge is 0.257 e. The normalized spacial score (nSPS) is 17.1. The van der Waals surface area contributed by atoms with Crippen LogP contribution >= 0.6 is 11.6 Å². The summed E-state index contributed by atoms with van der Waals surface area (Å²) in [5.74, 6) is 0.357. The number of carbonyl (C=O) groups is 2. The number of rotatable bonds is 3. The lowest BCUT2D eigenvalue weighted by atomic mass is 10.0. The molecule has 0 radical (unpaired) electrons. The van der Waals surface area contributed by atoms with Crippen molar-refractivity contribution in [2.45, 2.75) is 32.2 Å². The van der Waals surface area contributed by atoms with Crippen molar-refractivity contribution in [3.8, 4) is 5.75 Å². The van der Waals surface area contributed by atoms with Gasteiger partial charge in [0.05, 0.1) is 11.6 Å². The molecule has 0 saturated heterocycles. The Morgan fingerprint density at radius 3 is 2.46 bits per heavy atom. The maximum atomic E-state index is 13.7. The van der Waals surface area contributed by atoms with Crippen LogP contribution in [0.4, 0.5) is 0 Å². The average Bonchev–Trinajstić information content (AvgIpc) is 2.87. The third-order valence-corrected chi connectivity index (χ3v) is 6.64. The molecule has 1 aliphatic rings. The first-order valence-corrected chi connectivity index (χ1v) is 12.4. The van der Waals surface area contributed by atoms with E-state index in [1.54, 1.807) is 30.1 Å². The predicted molar refractivity (Wildman–Crippen MR) is 139 cm³/mol. The molecule has 4 rings (SSSR count). The van der Waals surface area contributed by atoms with Gasteiger partial charge in [0.25, 0.3) is 11.8 Å². The van der Waals surface area contributed by atoms with Gasteiger partial charge in [-0.25, -0.2) is 0 Å². The van der Waals surface area contributed by atoms with Crippen LogP contribution in [0.1, 0.15) is 44.7 Å². The molecule has 3 aromatic carbocycles. The van der Waals surface area contributed by atoms with Crippen LogP contribution in [-0.2, 0) is 6.42 Å². The number of carbonyl (C=O) groups excluding carboxylic acids is 2. The number of aryl methyl sites for hydroxylation is 1. The van der Waals surface area contributed by atoms with E-state index in [1.165, 1.54) is 0 Å². The van der Waals surface area contributed by atoms with Crippen LogP contribution in [0.2, 0.25) is 5.02 Å². The fourth-order valence-corrected chi connectivity index (χ4v) is 4.55. The topological polar surface area (TPSA) is 49.9 Å². The molecule has 182 valence electrons. The molecule has 6 heteroatoms. The van der Waals surface area contributed by atoms with Gasteiger partial charge in [-0.15, -0.1) is 0 Å². The molecule has 1 heterocycles. The van der Waals surface area contributed by atoms with Gasteiger partial charge in [-0.05, 0) is 62.1 Å². The van der Waals surface area contributed by atoms with E-state index in [-0.39, 0.29) is 24.5 Å². The first-order valence-electron chi connectivity index (χ1n) is 12.0. The number of halogens is 1. The van der Waals surface area contributed by atoms with Gasteiger partial charge in [-0.2, -0.15) is 0 Å². The Morgan fingerprint density at radius 1 is 1.00 bits per heavy atom. The van der Waals surface area contributed by atoms with Crippen molar-refractivity contribution in [1.82, 2.24) is 9.80 Å². The molecule has 0 aromatic heterocycles. The third-order valence-electron chi connectivity index (χ3n) is 6.41. The van der Waals surface area contributed by atoms with Gasteiger partial charge in [0.2, 0.25) is 0 Å². The minimum atomic E-state index is -0.206. The zero-order valence-electron chi connectivity index (χ0n) is 20.2. The van der Waals surface area contributed by atoms with E-state index in [0.717, 1.165) is 24.0 Å². The van der Waals surface area contributed by atoms with Crippen LogP contribution in [0.5, 0.6) is 5.75 Å². The Labute approximate surface area is 212 Å². The highest BCUT2D eigenvalue weighted by molar-refractivity contribution is 6.31. The van der Waals surface area contributed by atoms with Gasteiger partial charge in [0.1, 0.15) is 12.4 Å². The maximum absolute atomic E-state index is 13.7. The van der Waals surface area contributed by atoms with Gasteiger partial charge >= 0.3 is 0 Å². The largest absolute Gasteiger partial charge is 0.491 e. The van der Waals surface area contributed by atoms with E-state index in [4.69, 9.17) is 16.3 Å². The lowest BCUT2D eigenvalue weighted by Crippen LogP contribution is -2.46. The van der Waals surface area contributed by atoms with E-state index < -0.39 is 0 Å². The van der Waals surface area contributed by atoms with Crippen molar-refractivity contribution in [3.05, 3.63) is 100 Å². The highest BCUT2D eigenvalue weighted by Crippen LogP contribution is 2.26. The fourth-order valence-electron chi connectivity index (χ4n) is 4.38. The average molecular weight is 491 g/mol. The SMILES string of the molecule is Cc1ccc(C(=O)N2CCCCN(C)C(=O)c3cc(Cl)ccc3OC[C@H]2Cc2ccccc2)cc1. The molecule has 3 aromatic rings. The Kier molecular flexibility index (Phi) is 8.09. The predicted octanol–water partition coefficient (Wildman–Crippen LogP) is 5.65. The Balaban J connectivity index is 1.70. The van der Waals surface area contributed by atoms with Gasteiger partial charge in [-0.3, -0.25) is 9.59 Å². The molecule has 0 aliphatic carbocycles. The third kappa shape index (κ3) is 6.23. The van der Waals surface area contributed by atoms with Gasteiger partial charge in [-0.1, -0.05) is 59.6 Å². The highest BCUT2D eigenvalue weighted by Gasteiger charge is 2.27. The van der Waals surface area contributed by atoms with E-state index in [0.29, 0.717) is 41.4 Å². The molecule has 2 amide bonds. The molecule has 0 unspecified atom stereocenters. The standard InChI is InChI=1S/C29H31ClN2O3/c1-21-10-12-23(13-11-21)28(33)32-17-7-6-16-31(2)29(34)26-19-24(30)14-15-27(26)35-20-25(32)18-22-8-4-3-5-9-22/h3-5,8-15,19,25H,6-7,16-18,20H2,1-2H3/t25-/m1/s1. The summed E-state index contributed by atoms with van der Waals surface area (Å²) < 4.78 is 6.25. The molecule has 0 spiro atoms. The molecule has 0 bridgehead atoms. The summed E-state index contributed by atoms with van der Waals surface area (Å²) in [5.41, 5.74) is 3.35. The first-order chi connectivity index (χ1) is 16.9. The van der Waals surface area contributed by atoms with Crippen molar-refractivity contribution in [2.24, 2.45) is 0 Å². The monoisotopic (exact) mass is 490 g/mol. The lowest BCUT2D eigenvalue weighted by Gasteiger charge is -2.33. The molecule has 1 aliphatic heterocycles. The fraction of sp³-hybridized carbons (Fsp3) is 0.310. The number of hydrogen-bond donors (Lipinski definition) is 0. The zero-order chi connectivity index (χ0) is 24.8. The van der Waals surface area contributed by atoms with Crippen molar-refractivity contribution in [2.75, 3.05) is 26.7 Å². The Morgan fingerprint density at radius 2 is 1.71 bits per heavy atom. The number of fused-ring (bicyclic) bond motifs is 1.